The quantitative estimate of drug-likeness (QED) is 0.715. The van der Waals surface area contributed by atoms with Crippen molar-refractivity contribution in [2.45, 2.75) is 6.92 Å². The summed E-state index contributed by atoms with van der Waals surface area (Å²) in [6, 6.07) is 18.2. The van der Waals surface area contributed by atoms with Crippen LogP contribution in [0.2, 0.25) is 0 Å². The monoisotopic (exact) mass is 278 g/mol. The third kappa shape index (κ3) is 3.31. The largest absolute Gasteiger partial charge is 0.492 e. The Bertz CT molecular complexity index is 740. The zero-order chi connectivity index (χ0) is 14.5. The van der Waals surface area contributed by atoms with Gasteiger partial charge in [0.2, 0.25) is 0 Å². The number of hydrogen-bond acceptors (Lipinski definition) is 3. The normalized spacial score (nSPS) is 10.5. The van der Waals surface area contributed by atoms with Crippen LogP contribution in [-0.4, -0.2) is 18.1 Å². The molecule has 0 bridgehead atoms. The minimum atomic E-state index is 0.618. The molecule has 0 fully saturated rings. The van der Waals surface area contributed by atoms with Crippen molar-refractivity contribution in [1.29, 1.82) is 0 Å². The van der Waals surface area contributed by atoms with Gasteiger partial charge in [-0.1, -0.05) is 24.3 Å². The van der Waals surface area contributed by atoms with E-state index >= 15 is 0 Å². The van der Waals surface area contributed by atoms with Crippen LogP contribution in [0.15, 0.2) is 60.8 Å². The van der Waals surface area contributed by atoms with Crippen LogP contribution in [0.1, 0.15) is 5.56 Å². The Morgan fingerprint density at radius 2 is 1.95 bits per heavy atom. The first kappa shape index (κ1) is 13.4. The lowest BCUT2D eigenvalue weighted by atomic mass is 10.2. The van der Waals surface area contributed by atoms with Crippen molar-refractivity contribution in [3.8, 4) is 5.75 Å². The molecule has 0 atom stereocenters. The zero-order valence-electron chi connectivity index (χ0n) is 12.0. The van der Waals surface area contributed by atoms with Crippen LogP contribution < -0.4 is 10.1 Å². The third-order valence-electron chi connectivity index (χ3n) is 3.41. The number of benzene rings is 2. The standard InChI is InChI=1S/C18H18N2O/c1-14-5-2-3-7-17(14)20-11-12-21-16-9-8-15-6-4-10-19-18(15)13-16/h2-10,13,20H,11-12H2,1H3. The number of nitrogens with zero attached hydrogens (tertiary/aromatic N) is 1. The van der Waals surface area contributed by atoms with Gasteiger partial charge in [-0.05, 0) is 36.8 Å². The molecule has 1 heterocycles. The van der Waals surface area contributed by atoms with Crippen molar-refractivity contribution in [3.63, 3.8) is 0 Å². The maximum absolute atomic E-state index is 5.77. The van der Waals surface area contributed by atoms with E-state index in [0.29, 0.717) is 6.61 Å². The van der Waals surface area contributed by atoms with Gasteiger partial charge in [-0.15, -0.1) is 0 Å². The van der Waals surface area contributed by atoms with Crippen molar-refractivity contribution >= 4 is 16.6 Å². The van der Waals surface area contributed by atoms with Crippen molar-refractivity contribution in [1.82, 2.24) is 4.98 Å². The molecule has 0 saturated heterocycles. The van der Waals surface area contributed by atoms with Gasteiger partial charge in [-0.2, -0.15) is 0 Å². The average Bonchev–Trinajstić information content (AvgIpc) is 2.53. The summed E-state index contributed by atoms with van der Waals surface area (Å²) in [5.41, 5.74) is 3.36. The van der Waals surface area contributed by atoms with Gasteiger partial charge in [0.05, 0.1) is 5.52 Å². The van der Waals surface area contributed by atoms with Crippen LogP contribution >= 0.6 is 0 Å². The Balaban J connectivity index is 1.56. The molecular formula is C18H18N2O. The fraction of sp³-hybridized carbons (Fsp3) is 0.167. The van der Waals surface area contributed by atoms with E-state index < -0.39 is 0 Å². The average molecular weight is 278 g/mol. The first-order valence-electron chi connectivity index (χ1n) is 7.10. The van der Waals surface area contributed by atoms with Crippen molar-refractivity contribution in [2.24, 2.45) is 0 Å². The van der Waals surface area contributed by atoms with Gasteiger partial charge in [-0.3, -0.25) is 4.98 Å². The van der Waals surface area contributed by atoms with E-state index in [1.54, 1.807) is 6.20 Å². The molecule has 0 aliphatic heterocycles. The number of aryl methyl sites for hydroxylation is 1. The topological polar surface area (TPSA) is 34.1 Å². The summed E-state index contributed by atoms with van der Waals surface area (Å²) in [5.74, 6) is 0.854. The molecule has 106 valence electrons. The molecular weight excluding hydrogens is 260 g/mol. The Hall–Kier alpha value is -2.55. The van der Waals surface area contributed by atoms with E-state index in [0.717, 1.165) is 28.9 Å². The number of para-hydroxylation sites is 1. The fourth-order valence-corrected chi connectivity index (χ4v) is 2.26. The second-order valence-electron chi connectivity index (χ2n) is 4.95. The second-order valence-corrected chi connectivity index (χ2v) is 4.95. The zero-order valence-corrected chi connectivity index (χ0v) is 12.0. The van der Waals surface area contributed by atoms with Crippen LogP contribution in [0.5, 0.6) is 5.75 Å². The predicted molar refractivity (Wildman–Crippen MR) is 86.9 cm³/mol. The molecule has 3 aromatic rings. The number of nitrogens with one attached hydrogen (secondary N) is 1. The molecule has 3 heteroatoms. The van der Waals surface area contributed by atoms with Gasteiger partial charge in [0.15, 0.2) is 0 Å². The molecule has 0 amide bonds. The molecule has 1 N–H and O–H groups in total. The molecule has 0 aliphatic carbocycles. The van der Waals surface area contributed by atoms with Crippen molar-refractivity contribution < 1.29 is 4.74 Å². The second kappa shape index (κ2) is 6.27. The van der Waals surface area contributed by atoms with E-state index in [-0.39, 0.29) is 0 Å². The summed E-state index contributed by atoms with van der Waals surface area (Å²) in [4.78, 5) is 4.33. The van der Waals surface area contributed by atoms with Crippen LogP contribution in [0.4, 0.5) is 5.69 Å². The van der Waals surface area contributed by atoms with E-state index in [9.17, 15) is 0 Å². The van der Waals surface area contributed by atoms with Gasteiger partial charge >= 0.3 is 0 Å². The SMILES string of the molecule is Cc1ccccc1NCCOc1ccc2cccnc2c1. The molecule has 0 unspecified atom stereocenters. The summed E-state index contributed by atoms with van der Waals surface area (Å²) in [6.45, 7) is 3.48. The van der Waals surface area contributed by atoms with Gasteiger partial charge in [0.1, 0.15) is 12.4 Å². The highest BCUT2D eigenvalue weighted by Gasteiger charge is 1.99. The fourth-order valence-electron chi connectivity index (χ4n) is 2.26. The highest BCUT2D eigenvalue weighted by Crippen LogP contribution is 2.18. The van der Waals surface area contributed by atoms with Crippen LogP contribution in [-0.2, 0) is 0 Å². The first-order chi connectivity index (χ1) is 10.3. The molecule has 3 rings (SSSR count). The highest BCUT2D eigenvalue weighted by molar-refractivity contribution is 5.79. The number of rotatable bonds is 5. The summed E-state index contributed by atoms with van der Waals surface area (Å²) >= 11 is 0. The van der Waals surface area contributed by atoms with Gasteiger partial charge < -0.3 is 10.1 Å². The molecule has 3 nitrogen and oxygen atoms in total. The molecule has 0 aliphatic rings. The maximum atomic E-state index is 5.77. The van der Waals surface area contributed by atoms with E-state index in [4.69, 9.17) is 4.74 Å². The van der Waals surface area contributed by atoms with Crippen LogP contribution in [0, 0.1) is 6.92 Å². The number of fused-ring (bicyclic) bond motifs is 1. The van der Waals surface area contributed by atoms with E-state index in [1.165, 1.54) is 5.56 Å². The Labute approximate surface area is 124 Å². The molecule has 21 heavy (non-hydrogen) atoms. The first-order valence-corrected chi connectivity index (χ1v) is 7.10. The van der Waals surface area contributed by atoms with E-state index in [1.807, 2.05) is 42.5 Å². The number of pyridine rings is 1. The Morgan fingerprint density at radius 1 is 1.05 bits per heavy atom. The van der Waals surface area contributed by atoms with Gasteiger partial charge in [0.25, 0.3) is 0 Å². The van der Waals surface area contributed by atoms with Gasteiger partial charge in [0, 0.05) is 29.9 Å². The van der Waals surface area contributed by atoms with Crippen LogP contribution in [0.25, 0.3) is 10.9 Å². The summed E-state index contributed by atoms with van der Waals surface area (Å²) in [7, 11) is 0. The van der Waals surface area contributed by atoms with Crippen LogP contribution in [0.3, 0.4) is 0 Å². The van der Waals surface area contributed by atoms with E-state index in [2.05, 4.69) is 29.4 Å². The lowest BCUT2D eigenvalue weighted by molar-refractivity contribution is 0.333. The minimum Gasteiger partial charge on any atom is -0.492 e. The lowest BCUT2D eigenvalue weighted by Gasteiger charge is -2.10. The third-order valence-corrected chi connectivity index (χ3v) is 3.41. The minimum absolute atomic E-state index is 0.618. The number of anilines is 1. The molecule has 1 aromatic heterocycles. The molecule has 2 aromatic carbocycles. The highest BCUT2D eigenvalue weighted by atomic mass is 16.5. The number of aromatic nitrogens is 1. The molecule has 0 saturated carbocycles. The summed E-state index contributed by atoms with van der Waals surface area (Å²) < 4.78 is 5.77. The Morgan fingerprint density at radius 3 is 2.86 bits per heavy atom. The molecule has 0 radical (unpaired) electrons. The predicted octanol–water partition coefficient (Wildman–Crippen LogP) is 4.03. The number of hydrogen-bond donors (Lipinski definition) is 1. The summed E-state index contributed by atoms with van der Waals surface area (Å²) in [6.07, 6.45) is 1.80. The lowest BCUT2D eigenvalue weighted by Crippen LogP contribution is -2.12. The van der Waals surface area contributed by atoms with Crippen molar-refractivity contribution in [3.05, 3.63) is 66.4 Å². The number of ether oxygens (including phenoxy) is 1. The maximum Gasteiger partial charge on any atom is 0.121 e. The Kier molecular flexibility index (Phi) is 4.01. The smallest absolute Gasteiger partial charge is 0.121 e. The van der Waals surface area contributed by atoms with Gasteiger partial charge in [-0.25, -0.2) is 0 Å². The van der Waals surface area contributed by atoms with Crippen molar-refractivity contribution in [2.75, 3.05) is 18.5 Å². The summed E-state index contributed by atoms with van der Waals surface area (Å²) in [5, 5.41) is 4.51. The molecule has 0 spiro atoms.